The van der Waals surface area contributed by atoms with Crippen molar-refractivity contribution in [3.05, 3.63) is 0 Å². The summed E-state index contributed by atoms with van der Waals surface area (Å²) in [5, 5.41) is 12.0. The van der Waals surface area contributed by atoms with E-state index in [0.29, 0.717) is 12.5 Å². The summed E-state index contributed by atoms with van der Waals surface area (Å²) in [6, 6.07) is 0. The predicted octanol–water partition coefficient (Wildman–Crippen LogP) is 1.67. The zero-order valence-electron chi connectivity index (χ0n) is 9.75. The lowest BCUT2D eigenvalue weighted by Crippen LogP contribution is -2.35. The normalized spacial score (nSPS) is 26.4. The fraction of sp³-hybridized carbons (Fsp3) is 0.909. The molecule has 1 rings (SSSR count). The Bertz CT molecular complexity index is 222. The minimum Gasteiger partial charge on any atom is -0.444 e. The fourth-order valence-corrected chi connectivity index (χ4v) is 1.78. The number of hydrogen-bond donors (Lipinski definition) is 2. The van der Waals surface area contributed by atoms with Crippen LogP contribution in [0.3, 0.4) is 0 Å². The van der Waals surface area contributed by atoms with E-state index in [1.54, 1.807) is 0 Å². The van der Waals surface area contributed by atoms with Gasteiger partial charge in [0.05, 0.1) is 6.10 Å². The molecule has 1 amide bonds. The topological polar surface area (TPSA) is 58.6 Å². The summed E-state index contributed by atoms with van der Waals surface area (Å²) in [6.07, 6.45) is 2.06. The molecule has 4 heteroatoms. The van der Waals surface area contributed by atoms with Crippen LogP contribution in [0.5, 0.6) is 0 Å². The van der Waals surface area contributed by atoms with Gasteiger partial charge in [-0.1, -0.05) is 0 Å². The van der Waals surface area contributed by atoms with E-state index in [1.165, 1.54) is 0 Å². The molecule has 4 nitrogen and oxygen atoms in total. The van der Waals surface area contributed by atoms with Crippen LogP contribution >= 0.6 is 0 Å². The quantitative estimate of drug-likeness (QED) is 0.736. The zero-order chi connectivity index (χ0) is 11.5. The molecule has 1 saturated carbocycles. The van der Waals surface area contributed by atoms with Gasteiger partial charge in [-0.3, -0.25) is 0 Å². The first-order chi connectivity index (χ1) is 6.87. The molecule has 2 atom stereocenters. The van der Waals surface area contributed by atoms with Gasteiger partial charge >= 0.3 is 6.09 Å². The van der Waals surface area contributed by atoms with E-state index < -0.39 is 5.60 Å². The molecule has 2 N–H and O–H groups in total. The van der Waals surface area contributed by atoms with Crippen molar-refractivity contribution >= 4 is 6.09 Å². The third-order valence-electron chi connectivity index (χ3n) is 2.45. The third-order valence-corrected chi connectivity index (χ3v) is 2.45. The highest BCUT2D eigenvalue weighted by molar-refractivity contribution is 5.67. The van der Waals surface area contributed by atoms with Crippen LogP contribution < -0.4 is 5.32 Å². The van der Waals surface area contributed by atoms with E-state index in [4.69, 9.17) is 4.74 Å². The number of aliphatic hydroxyl groups is 1. The molecule has 15 heavy (non-hydrogen) atoms. The molecular formula is C11H21NO3. The molecule has 1 aliphatic carbocycles. The Labute approximate surface area is 91.0 Å². The van der Waals surface area contributed by atoms with Crippen LogP contribution in [0.15, 0.2) is 0 Å². The van der Waals surface area contributed by atoms with Gasteiger partial charge in [-0.25, -0.2) is 4.79 Å². The smallest absolute Gasteiger partial charge is 0.407 e. The second-order valence-corrected chi connectivity index (χ2v) is 5.22. The van der Waals surface area contributed by atoms with E-state index in [1.807, 2.05) is 20.8 Å². The Hall–Kier alpha value is -0.770. The molecule has 88 valence electrons. The summed E-state index contributed by atoms with van der Waals surface area (Å²) in [6.45, 7) is 6.12. The molecule has 0 aromatic rings. The number of carbonyl (C=O) groups is 1. The maximum absolute atomic E-state index is 11.3. The van der Waals surface area contributed by atoms with Gasteiger partial charge in [0.2, 0.25) is 0 Å². The SMILES string of the molecule is CC(C)(C)OC(=O)NCC1CCC(O)C1. The average Bonchev–Trinajstić information content (AvgIpc) is 2.45. The van der Waals surface area contributed by atoms with Gasteiger partial charge in [-0.05, 0) is 46.0 Å². The maximum atomic E-state index is 11.3. The van der Waals surface area contributed by atoms with Crippen molar-refractivity contribution in [3.8, 4) is 0 Å². The van der Waals surface area contributed by atoms with Gasteiger partial charge in [0.1, 0.15) is 5.60 Å². The highest BCUT2D eigenvalue weighted by atomic mass is 16.6. The van der Waals surface area contributed by atoms with Crippen molar-refractivity contribution in [1.82, 2.24) is 5.32 Å². The minimum atomic E-state index is -0.445. The average molecular weight is 215 g/mol. The molecular weight excluding hydrogens is 194 g/mol. The van der Waals surface area contributed by atoms with E-state index in [2.05, 4.69) is 5.32 Å². The summed E-state index contributed by atoms with van der Waals surface area (Å²) in [5.41, 5.74) is -0.445. The maximum Gasteiger partial charge on any atom is 0.407 e. The minimum absolute atomic E-state index is 0.185. The van der Waals surface area contributed by atoms with E-state index in [-0.39, 0.29) is 12.2 Å². The van der Waals surface area contributed by atoms with Crippen molar-refractivity contribution in [3.63, 3.8) is 0 Å². The molecule has 2 unspecified atom stereocenters. The number of carbonyl (C=O) groups excluding carboxylic acids is 1. The summed E-state index contributed by atoms with van der Waals surface area (Å²) in [4.78, 5) is 11.3. The van der Waals surface area contributed by atoms with Crippen LogP contribution in [0.4, 0.5) is 4.79 Å². The molecule has 1 fully saturated rings. The number of rotatable bonds is 2. The van der Waals surface area contributed by atoms with Crippen molar-refractivity contribution < 1.29 is 14.6 Å². The van der Waals surface area contributed by atoms with Gasteiger partial charge in [0, 0.05) is 6.54 Å². The van der Waals surface area contributed by atoms with Gasteiger partial charge in [0.15, 0.2) is 0 Å². The Kier molecular flexibility index (Phi) is 3.97. The predicted molar refractivity (Wildman–Crippen MR) is 57.6 cm³/mol. The van der Waals surface area contributed by atoms with Crippen molar-refractivity contribution in [2.24, 2.45) is 5.92 Å². The largest absolute Gasteiger partial charge is 0.444 e. The van der Waals surface area contributed by atoms with E-state index in [9.17, 15) is 9.90 Å². The van der Waals surface area contributed by atoms with Gasteiger partial charge in [0.25, 0.3) is 0 Å². The number of ether oxygens (including phenoxy) is 1. The lowest BCUT2D eigenvalue weighted by Gasteiger charge is -2.20. The standard InChI is InChI=1S/C11H21NO3/c1-11(2,3)15-10(14)12-7-8-4-5-9(13)6-8/h8-9,13H,4-7H2,1-3H3,(H,12,14). The van der Waals surface area contributed by atoms with E-state index >= 15 is 0 Å². The first-order valence-electron chi connectivity index (χ1n) is 5.52. The van der Waals surface area contributed by atoms with Crippen LogP contribution in [0.1, 0.15) is 40.0 Å². The molecule has 0 saturated heterocycles. The molecule has 0 bridgehead atoms. The van der Waals surface area contributed by atoms with Crippen molar-refractivity contribution in [1.29, 1.82) is 0 Å². The molecule has 0 aromatic carbocycles. The molecule has 0 spiro atoms. The fourth-order valence-electron chi connectivity index (χ4n) is 1.78. The third kappa shape index (κ3) is 5.02. The van der Waals surface area contributed by atoms with Gasteiger partial charge in [-0.2, -0.15) is 0 Å². The Morgan fingerprint density at radius 2 is 2.13 bits per heavy atom. The number of amides is 1. The zero-order valence-corrected chi connectivity index (χ0v) is 9.75. The molecule has 0 heterocycles. The number of hydrogen-bond acceptors (Lipinski definition) is 3. The highest BCUT2D eigenvalue weighted by Gasteiger charge is 2.24. The Morgan fingerprint density at radius 1 is 1.47 bits per heavy atom. The molecule has 1 aliphatic rings. The number of aliphatic hydroxyl groups excluding tert-OH is 1. The van der Waals surface area contributed by atoms with Crippen LogP contribution in [0, 0.1) is 5.92 Å². The van der Waals surface area contributed by atoms with Crippen molar-refractivity contribution in [2.75, 3.05) is 6.54 Å². The first kappa shape index (κ1) is 12.3. The lowest BCUT2D eigenvalue weighted by molar-refractivity contribution is 0.0517. The van der Waals surface area contributed by atoms with Crippen molar-refractivity contribution in [2.45, 2.75) is 51.7 Å². The van der Waals surface area contributed by atoms with Crippen LogP contribution in [0.25, 0.3) is 0 Å². The summed E-state index contributed by atoms with van der Waals surface area (Å²) in [7, 11) is 0. The van der Waals surface area contributed by atoms with Crippen LogP contribution in [-0.4, -0.2) is 29.4 Å². The lowest BCUT2D eigenvalue weighted by atomic mass is 10.1. The van der Waals surface area contributed by atoms with Crippen LogP contribution in [0.2, 0.25) is 0 Å². The van der Waals surface area contributed by atoms with Crippen LogP contribution in [-0.2, 0) is 4.74 Å². The van der Waals surface area contributed by atoms with E-state index in [0.717, 1.165) is 19.3 Å². The second kappa shape index (κ2) is 4.84. The first-order valence-corrected chi connectivity index (χ1v) is 5.52. The summed E-state index contributed by atoms with van der Waals surface area (Å²) < 4.78 is 5.11. The van der Waals surface area contributed by atoms with Gasteiger partial charge in [-0.15, -0.1) is 0 Å². The Morgan fingerprint density at radius 3 is 2.60 bits per heavy atom. The Balaban J connectivity index is 2.17. The summed E-state index contributed by atoms with van der Waals surface area (Å²) in [5.74, 6) is 0.396. The summed E-state index contributed by atoms with van der Waals surface area (Å²) >= 11 is 0. The number of nitrogens with one attached hydrogen (secondary N) is 1. The monoisotopic (exact) mass is 215 g/mol. The molecule has 0 radical (unpaired) electrons. The highest BCUT2D eigenvalue weighted by Crippen LogP contribution is 2.24. The second-order valence-electron chi connectivity index (χ2n) is 5.22. The molecule has 0 aliphatic heterocycles. The van der Waals surface area contributed by atoms with Gasteiger partial charge < -0.3 is 15.2 Å². The molecule has 0 aromatic heterocycles. The number of alkyl carbamates (subject to hydrolysis) is 1.